The number of carbonyl (C=O) groups excluding carboxylic acids is 7. The number of methoxy groups -OCH3 is 1. The SMILES string of the molecule is CNC(=O)C[C@@H]1NC(=O)c2csc(n2)-c2ccc(-c3nc(NC(=O)OCC(=O)NCCN)cs3)nc2-c2csc(n2)-c2csc(n2)[C@H]([C@@H](O)c2ccccc2)NC(=O)CNC(=O)c2nc(sc2COC)[C@@H](C(C)C)NC(=O)c2nc1sc2C. The number of pyridine rings is 1. The van der Waals surface area contributed by atoms with Gasteiger partial charge < -0.3 is 52.2 Å². The number of hydrogen-bond acceptors (Lipinski definition) is 24. The van der Waals surface area contributed by atoms with Crippen molar-refractivity contribution in [2.75, 3.05) is 45.7 Å². The van der Waals surface area contributed by atoms with E-state index in [1.165, 1.54) is 48.2 Å². The molecule has 25 nitrogen and oxygen atoms in total. The molecule has 0 fully saturated rings. The van der Waals surface area contributed by atoms with Crippen LogP contribution >= 0.6 is 68.0 Å². The Labute approximate surface area is 497 Å². The quantitative estimate of drug-likeness (QED) is 0.0645. The van der Waals surface area contributed by atoms with E-state index >= 15 is 0 Å². The van der Waals surface area contributed by atoms with Gasteiger partial charge in [0.25, 0.3) is 23.6 Å². The zero-order valence-electron chi connectivity index (χ0n) is 44.8. The van der Waals surface area contributed by atoms with Crippen LogP contribution in [-0.2, 0) is 30.5 Å². The number of ether oxygens (including phenoxy) is 2. The maximum Gasteiger partial charge on any atom is 0.413 e. The molecule has 1 aromatic carbocycles. The smallest absolute Gasteiger partial charge is 0.413 e. The summed E-state index contributed by atoms with van der Waals surface area (Å²) in [5.41, 5.74) is 7.94. The lowest BCUT2D eigenvalue weighted by molar-refractivity contribution is -0.124. The van der Waals surface area contributed by atoms with Gasteiger partial charge in [-0.05, 0) is 30.5 Å². The first-order chi connectivity index (χ1) is 40.0. The van der Waals surface area contributed by atoms with Crippen molar-refractivity contribution in [2.45, 2.75) is 58.0 Å². The Hall–Kier alpha value is -7.88. The van der Waals surface area contributed by atoms with Gasteiger partial charge >= 0.3 is 6.09 Å². The molecule has 31 heteroatoms. The van der Waals surface area contributed by atoms with E-state index in [0.29, 0.717) is 68.7 Å². The van der Waals surface area contributed by atoms with E-state index in [2.05, 4.69) is 52.2 Å². The van der Waals surface area contributed by atoms with Gasteiger partial charge in [0.05, 0.1) is 42.2 Å². The number of aliphatic hydroxyl groups is 1. The number of aromatic nitrogens is 7. The molecule has 0 saturated carbocycles. The summed E-state index contributed by atoms with van der Waals surface area (Å²) >= 11 is 7.04. The summed E-state index contributed by atoms with van der Waals surface area (Å²) in [4.78, 5) is 128. The fourth-order valence-electron chi connectivity index (χ4n) is 8.18. The summed E-state index contributed by atoms with van der Waals surface area (Å²) in [6, 6.07) is 9.35. The molecule has 4 atom stereocenters. The average Bonchev–Trinajstić information content (AvgIpc) is 3.56. The molecule has 0 unspecified atom stereocenters. The summed E-state index contributed by atoms with van der Waals surface area (Å²) in [6.07, 6.45) is -2.43. The van der Waals surface area contributed by atoms with Crippen molar-refractivity contribution in [1.82, 2.24) is 66.8 Å². The van der Waals surface area contributed by atoms with E-state index in [9.17, 15) is 38.7 Å². The van der Waals surface area contributed by atoms with Crippen LogP contribution in [0.2, 0.25) is 0 Å². The minimum absolute atomic E-state index is 0.00318. The van der Waals surface area contributed by atoms with Crippen LogP contribution in [-0.4, -0.2) is 122 Å². The molecule has 0 aliphatic carbocycles. The van der Waals surface area contributed by atoms with Crippen molar-refractivity contribution >= 4 is 115 Å². The third kappa shape index (κ3) is 14.3. The molecular weight excluding hydrogens is 1190 g/mol. The first kappa shape index (κ1) is 59.7. The van der Waals surface area contributed by atoms with E-state index in [-0.39, 0.29) is 59.9 Å². The standard InChI is InChI=1S/C52H53N15O10S6/c1-23(2)37-51-67-40(32(83-51)17-76-5)44(73)56-16-35(69)64-41(42(71)25-9-7-6-8-10-25)50-61-31(21-80-50)48-59-29(19-79-48)39-26(11-12-27(57-39)47-62-33(22-81-47)63-52(75)77-18-36(70)55-14-13-53)46-60-30(20-78-46)43(72)58-28(15-34(68)54-4)49-66-38(24(3)82-49)45(74)65-37/h6-12,19-23,28,37,41-42,71H,13-18,53H2,1-5H3,(H,54,68)(H,55,70)(H,56,73)(H,58,72)(H,63,75)(H,64,69)(H,65,74)/t28-,37+,41-,42-/m0/s1. The summed E-state index contributed by atoms with van der Waals surface area (Å²) in [7, 11) is 2.93. The molecule has 8 aromatic rings. The molecule has 1 aliphatic rings. The lowest BCUT2D eigenvalue weighted by Crippen LogP contribution is -2.40. The number of nitrogens with two attached hydrogens (primary N) is 1. The summed E-state index contributed by atoms with van der Waals surface area (Å²) in [6.45, 7) is 4.83. The molecule has 0 spiro atoms. The van der Waals surface area contributed by atoms with Crippen LogP contribution in [0.1, 0.15) is 106 Å². The van der Waals surface area contributed by atoms with E-state index < -0.39 is 78.9 Å². The summed E-state index contributed by atoms with van der Waals surface area (Å²) < 4.78 is 10.5. The van der Waals surface area contributed by atoms with Gasteiger partial charge in [0.1, 0.15) is 82.2 Å². The highest BCUT2D eigenvalue weighted by Crippen LogP contribution is 2.40. The monoisotopic (exact) mass is 1240 g/mol. The molecule has 9 rings (SSSR count). The predicted octanol–water partition coefficient (Wildman–Crippen LogP) is 5.94. The molecule has 1 aliphatic heterocycles. The van der Waals surface area contributed by atoms with E-state index in [1.54, 1.807) is 70.9 Å². The van der Waals surface area contributed by atoms with Crippen LogP contribution in [0.4, 0.5) is 10.6 Å². The third-order valence-electron chi connectivity index (χ3n) is 12.3. The van der Waals surface area contributed by atoms with Crippen molar-refractivity contribution in [2.24, 2.45) is 11.7 Å². The van der Waals surface area contributed by atoms with Crippen molar-refractivity contribution < 1.29 is 48.1 Å². The van der Waals surface area contributed by atoms with Crippen molar-refractivity contribution in [3.8, 4) is 43.4 Å². The Bertz CT molecular complexity index is 3690. The summed E-state index contributed by atoms with van der Waals surface area (Å²) in [5.74, 6) is -3.58. The number of nitrogens with one attached hydrogen (secondary N) is 7. The van der Waals surface area contributed by atoms with Crippen molar-refractivity contribution in [1.29, 1.82) is 0 Å². The number of aliphatic hydroxyl groups excluding tert-OH is 1. The maximum absolute atomic E-state index is 14.3. The van der Waals surface area contributed by atoms with E-state index in [4.69, 9.17) is 35.1 Å². The van der Waals surface area contributed by atoms with Gasteiger partial charge in [-0.1, -0.05) is 44.2 Å². The van der Waals surface area contributed by atoms with Crippen LogP contribution in [0.3, 0.4) is 0 Å². The minimum Gasteiger partial charge on any atom is -0.439 e. The van der Waals surface area contributed by atoms with E-state index in [1.807, 2.05) is 13.8 Å². The Morgan fingerprint density at radius 2 is 1.45 bits per heavy atom. The van der Waals surface area contributed by atoms with Gasteiger partial charge in [0, 0.05) is 59.2 Å². The number of benzene rings is 1. The number of amides is 7. The number of thiazole rings is 6. The van der Waals surface area contributed by atoms with Crippen LogP contribution in [0.5, 0.6) is 0 Å². The lowest BCUT2D eigenvalue weighted by Gasteiger charge is -2.23. The molecule has 83 heavy (non-hydrogen) atoms. The Kier molecular flexibility index (Phi) is 19.4. The average molecular weight is 1240 g/mol. The lowest BCUT2D eigenvalue weighted by atomic mass is 10.0. The van der Waals surface area contributed by atoms with Crippen LogP contribution in [0.25, 0.3) is 43.4 Å². The van der Waals surface area contributed by atoms with Gasteiger partial charge in [-0.2, -0.15) is 0 Å². The number of fused-ring (bicyclic) bond motifs is 14. The molecule has 0 saturated heterocycles. The van der Waals surface area contributed by atoms with Gasteiger partial charge in [-0.25, -0.2) is 39.7 Å². The van der Waals surface area contributed by atoms with Gasteiger partial charge in [-0.3, -0.25) is 34.1 Å². The zero-order valence-corrected chi connectivity index (χ0v) is 49.7. The van der Waals surface area contributed by atoms with Crippen LogP contribution in [0.15, 0.2) is 64.0 Å². The van der Waals surface area contributed by atoms with Gasteiger partial charge in [0.2, 0.25) is 11.8 Å². The molecule has 432 valence electrons. The minimum atomic E-state index is -1.29. The maximum atomic E-state index is 14.3. The largest absolute Gasteiger partial charge is 0.439 e. The van der Waals surface area contributed by atoms with Crippen LogP contribution < -0.4 is 43.0 Å². The number of aryl methyl sites for hydroxylation is 1. The number of rotatable bonds is 13. The second kappa shape index (κ2) is 27.0. The Balaban J connectivity index is 1.10. The highest BCUT2D eigenvalue weighted by molar-refractivity contribution is 7.15. The number of carbonyl (C=O) groups is 7. The van der Waals surface area contributed by atoms with Gasteiger partial charge in [-0.15, -0.1) is 68.0 Å². The molecule has 7 amide bonds. The molecule has 10 N–H and O–H groups in total. The fourth-order valence-corrected chi connectivity index (χ4v) is 13.7. The first-order valence-electron chi connectivity index (χ1n) is 25.3. The number of hydrogen-bond donors (Lipinski definition) is 9. The molecule has 10 bridgehead atoms. The number of anilines is 1. The van der Waals surface area contributed by atoms with Crippen LogP contribution in [0, 0.1) is 12.8 Å². The first-order valence-corrected chi connectivity index (χ1v) is 30.5. The van der Waals surface area contributed by atoms with Crippen molar-refractivity contribution in [3.63, 3.8) is 0 Å². The zero-order chi connectivity index (χ0) is 58.9. The second-order valence-electron chi connectivity index (χ2n) is 18.5. The predicted molar refractivity (Wildman–Crippen MR) is 314 cm³/mol. The highest BCUT2D eigenvalue weighted by atomic mass is 32.1. The molecule has 8 heterocycles. The Morgan fingerprint density at radius 1 is 0.723 bits per heavy atom. The second-order valence-corrected chi connectivity index (χ2v) is 24.3. The van der Waals surface area contributed by atoms with E-state index in [0.717, 1.165) is 34.0 Å². The normalized spacial score (nSPS) is 16.2. The molecule has 0 radical (unpaired) electrons. The Morgan fingerprint density at radius 3 is 2.20 bits per heavy atom. The summed E-state index contributed by atoms with van der Waals surface area (Å²) in [5, 5.41) is 39.8. The van der Waals surface area contributed by atoms with Crippen molar-refractivity contribution in [3.05, 3.63) is 111 Å². The molecule has 7 aromatic heterocycles. The van der Waals surface area contributed by atoms with Gasteiger partial charge in [0.15, 0.2) is 6.61 Å². The molecular formula is C52H53N15O10S6. The number of nitrogens with zero attached hydrogens (tertiary/aromatic N) is 7. The fraction of sp³-hybridized carbons (Fsp3) is 0.308. The third-order valence-corrected chi connectivity index (χ3v) is 18.0. The highest BCUT2D eigenvalue weighted by Gasteiger charge is 2.33. The topological polar surface area (TPSA) is 359 Å².